The van der Waals surface area contributed by atoms with Crippen LogP contribution in [0.4, 0.5) is 4.39 Å². The first-order valence-electron chi connectivity index (χ1n) is 9.12. The number of nitrogens with one attached hydrogen (secondary N) is 2. The Labute approximate surface area is 172 Å². The van der Waals surface area contributed by atoms with Crippen molar-refractivity contribution in [2.45, 2.75) is 0 Å². The molecule has 0 fully saturated rings. The summed E-state index contributed by atoms with van der Waals surface area (Å²) in [6.45, 7) is 0. The van der Waals surface area contributed by atoms with Crippen LogP contribution in [-0.4, -0.2) is 35.1 Å². The monoisotopic (exact) mass is 413 g/mol. The Morgan fingerprint density at radius 2 is 1.67 bits per heavy atom. The van der Waals surface area contributed by atoms with Crippen LogP contribution in [-0.2, 0) is 0 Å². The molecular formula is C21H12FN7S. The highest BCUT2D eigenvalue weighted by Crippen LogP contribution is 2.33. The molecule has 0 saturated carbocycles. The fourth-order valence-electron chi connectivity index (χ4n) is 3.42. The predicted molar refractivity (Wildman–Crippen MR) is 113 cm³/mol. The van der Waals surface area contributed by atoms with Crippen molar-refractivity contribution in [3.63, 3.8) is 0 Å². The summed E-state index contributed by atoms with van der Waals surface area (Å²) in [5.74, 6) is 0.571. The van der Waals surface area contributed by atoms with Crippen molar-refractivity contribution < 1.29 is 4.39 Å². The van der Waals surface area contributed by atoms with E-state index in [1.54, 1.807) is 24.7 Å². The maximum absolute atomic E-state index is 13.5. The smallest absolute Gasteiger partial charge is 0.177 e. The molecule has 0 atom stereocenters. The summed E-state index contributed by atoms with van der Waals surface area (Å²) >= 11 is 1.04. The SMILES string of the molecule is Fc1ccc(-c2nccc3[nH]c(-c4n[nH]c5ccc(-c6ccncc6)nc45)nc23)s1. The lowest BCUT2D eigenvalue weighted by molar-refractivity contribution is 0.657. The van der Waals surface area contributed by atoms with E-state index in [2.05, 4.69) is 25.1 Å². The number of aromatic amines is 2. The van der Waals surface area contributed by atoms with Gasteiger partial charge in [0.25, 0.3) is 0 Å². The van der Waals surface area contributed by atoms with E-state index in [0.29, 0.717) is 28.2 Å². The Balaban J connectivity index is 1.52. The van der Waals surface area contributed by atoms with Gasteiger partial charge in [-0.3, -0.25) is 15.1 Å². The van der Waals surface area contributed by atoms with E-state index in [1.165, 1.54) is 6.07 Å². The second-order valence-corrected chi connectivity index (χ2v) is 7.68. The molecule has 2 N–H and O–H groups in total. The molecule has 0 aliphatic heterocycles. The molecule has 6 rings (SSSR count). The van der Waals surface area contributed by atoms with Crippen LogP contribution in [0.3, 0.4) is 0 Å². The average molecular weight is 413 g/mol. The van der Waals surface area contributed by atoms with Crippen LogP contribution < -0.4 is 0 Å². The van der Waals surface area contributed by atoms with E-state index >= 15 is 0 Å². The highest BCUT2D eigenvalue weighted by atomic mass is 32.1. The van der Waals surface area contributed by atoms with Crippen LogP contribution in [0.15, 0.2) is 61.1 Å². The van der Waals surface area contributed by atoms with Crippen LogP contribution in [0.25, 0.3) is 55.4 Å². The molecular weight excluding hydrogens is 401 g/mol. The van der Waals surface area contributed by atoms with Gasteiger partial charge < -0.3 is 4.98 Å². The topological polar surface area (TPSA) is 96.0 Å². The first kappa shape index (κ1) is 16.9. The Morgan fingerprint density at radius 3 is 2.50 bits per heavy atom. The van der Waals surface area contributed by atoms with Crippen molar-refractivity contribution in [2.24, 2.45) is 0 Å². The molecule has 30 heavy (non-hydrogen) atoms. The molecule has 6 aromatic heterocycles. The Hall–Kier alpha value is -3.98. The molecule has 0 bridgehead atoms. The number of H-pyrrole nitrogens is 2. The number of aromatic nitrogens is 7. The number of hydrogen-bond acceptors (Lipinski definition) is 6. The van der Waals surface area contributed by atoms with Gasteiger partial charge in [0.05, 0.1) is 21.6 Å². The molecule has 0 aliphatic rings. The first-order chi connectivity index (χ1) is 14.8. The fraction of sp³-hybridized carbons (Fsp3) is 0. The third-order valence-corrected chi connectivity index (χ3v) is 5.70. The number of imidazole rings is 1. The maximum atomic E-state index is 13.5. The molecule has 0 spiro atoms. The van der Waals surface area contributed by atoms with Gasteiger partial charge in [-0.05, 0) is 42.5 Å². The largest absolute Gasteiger partial charge is 0.336 e. The Bertz CT molecular complexity index is 1520. The molecule has 0 aromatic carbocycles. The summed E-state index contributed by atoms with van der Waals surface area (Å²) in [4.78, 5) is 22.0. The second kappa shape index (κ2) is 6.53. The number of thiophene rings is 1. The minimum absolute atomic E-state index is 0.259. The van der Waals surface area contributed by atoms with E-state index in [1.807, 2.05) is 30.3 Å². The highest BCUT2D eigenvalue weighted by molar-refractivity contribution is 7.13. The van der Waals surface area contributed by atoms with E-state index in [4.69, 9.17) is 9.97 Å². The molecule has 0 amide bonds. The van der Waals surface area contributed by atoms with E-state index in [9.17, 15) is 4.39 Å². The lowest BCUT2D eigenvalue weighted by Crippen LogP contribution is -1.87. The van der Waals surface area contributed by atoms with Gasteiger partial charge in [0.2, 0.25) is 0 Å². The van der Waals surface area contributed by atoms with Gasteiger partial charge in [0.1, 0.15) is 16.7 Å². The maximum Gasteiger partial charge on any atom is 0.177 e. The van der Waals surface area contributed by atoms with Gasteiger partial charge in [0, 0.05) is 24.2 Å². The molecule has 6 heterocycles. The normalized spacial score (nSPS) is 11.5. The fourth-order valence-corrected chi connectivity index (χ4v) is 4.15. The summed E-state index contributed by atoms with van der Waals surface area (Å²) in [6, 6.07) is 12.7. The van der Waals surface area contributed by atoms with Crippen LogP contribution in [0.1, 0.15) is 0 Å². The summed E-state index contributed by atoms with van der Waals surface area (Å²) in [5, 5.41) is 7.18. The minimum atomic E-state index is -0.259. The summed E-state index contributed by atoms with van der Waals surface area (Å²) in [6.07, 6.45) is 5.15. The van der Waals surface area contributed by atoms with Gasteiger partial charge in [0.15, 0.2) is 16.6 Å². The van der Waals surface area contributed by atoms with Crippen LogP contribution >= 0.6 is 11.3 Å². The van der Waals surface area contributed by atoms with Crippen molar-refractivity contribution in [3.8, 4) is 33.3 Å². The Morgan fingerprint density at radius 1 is 0.800 bits per heavy atom. The van der Waals surface area contributed by atoms with E-state index in [0.717, 1.165) is 38.5 Å². The van der Waals surface area contributed by atoms with Crippen molar-refractivity contribution in [2.75, 3.05) is 0 Å². The highest BCUT2D eigenvalue weighted by Gasteiger charge is 2.18. The standard InChI is InChI=1S/C21H12FN7S/c22-16-4-3-15(30-16)19-17-13(7-10-24-19)26-21(27-17)20-18-14(28-29-20)2-1-12(25-18)11-5-8-23-9-6-11/h1-10H,(H,26,27)(H,28,29). The lowest BCUT2D eigenvalue weighted by atomic mass is 10.1. The van der Waals surface area contributed by atoms with Crippen molar-refractivity contribution in [1.29, 1.82) is 0 Å². The molecule has 0 radical (unpaired) electrons. The third-order valence-electron chi connectivity index (χ3n) is 4.82. The molecule has 144 valence electrons. The van der Waals surface area contributed by atoms with E-state index in [-0.39, 0.29) is 5.13 Å². The molecule has 0 unspecified atom stereocenters. The van der Waals surface area contributed by atoms with Crippen molar-refractivity contribution >= 4 is 33.4 Å². The number of nitrogens with zero attached hydrogens (tertiary/aromatic N) is 5. The number of fused-ring (bicyclic) bond motifs is 2. The van der Waals surface area contributed by atoms with Gasteiger partial charge in [-0.2, -0.15) is 9.49 Å². The minimum Gasteiger partial charge on any atom is -0.336 e. The Kier molecular flexibility index (Phi) is 3.68. The molecule has 6 aromatic rings. The third kappa shape index (κ3) is 2.67. The zero-order valence-electron chi connectivity index (χ0n) is 15.3. The zero-order valence-corrected chi connectivity index (χ0v) is 16.1. The number of rotatable bonds is 3. The molecule has 0 aliphatic carbocycles. The average Bonchev–Trinajstić information content (AvgIpc) is 3.51. The molecule has 7 nitrogen and oxygen atoms in total. The predicted octanol–water partition coefficient (Wildman–Crippen LogP) is 4.83. The first-order valence-corrected chi connectivity index (χ1v) is 9.94. The van der Waals surface area contributed by atoms with Crippen LogP contribution in [0.2, 0.25) is 0 Å². The van der Waals surface area contributed by atoms with Crippen molar-refractivity contribution in [3.05, 3.63) is 66.2 Å². The molecule has 9 heteroatoms. The van der Waals surface area contributed by atoms with Gasteiger partial charge in [-0.1, -0.05) is 0 Å². The van der Waals surface area contributed by atoms with Gasteiger partial charge >= 0.3 is 0 Å². The van der Waals surface area contributed by atoms with E-state index < -0.39 is 0 Å². The quantitative estimate of drug-likeness (QED) is 0.433. The molecule has 0 saturated heterocycles. The number of hydrogen-bond donors (Lipinski definition) is 2. The number of pyridine rings is 3. The van der Waals surface area contributed by atoms with Crippen molar-refractivity contribution in [1.82, 2.24) is 35.1 Å². The summed E-state index contributed by atoms with van der Waals surface area (Å²) in [5.41, 5.74) is 6.01. The van der Waals surface area contributed by atoms with Gasteiger partial charge in [-0.15, -0.1) is 11.3 Å². The number of halogens is 1. The second-order valence-electron chi connectivity index (χ2n) is 6.65. The van der Waals surface area contributed by atoms with Crippen LogP contribution in [0, 0.1) is 5.13 Å². The zero-order chi connectivity index (χ0) is 20.1. The van der Waals surface area contributed by atoms with Crippen LogP contribution in [0.5, 0.6) is 0 Å². The summed E-state index contributed by atoms with van der Waals surface area (Å²) in [7, 11) is 0. The lowest BCUT2D eigenvalue weighted by Gasteiger charge is -2.00. The van der Waals surface area contributed by atoms with Gasteiger partial charge in [-0.25, -0.2) is 9.97 Å². The summed E-state index contributed by atoms with van der Waals surface area (Å²) < 4.78 is 13.5.